The number of carbonyl (C=O) groups is 2. The van der Waals surface area contributed by atoms with Crippen molar-refractivity contribution < 1.29 is 14.5 Å². The molecule has 1 atom stereocenters. The van der Waals surface area contributed by atoms with Gasteiger partial charge in [-0.1, -0.05) is 6.07 Å². The van der Waals surface area contributed by atoms with E-state index in [-0.39, 0.29) is 30.2 Å². The van der Waals surface area contributed by atoms with Crippen molar-refractivity contribution in [3.63, 3.8) is 0 Å². The molecule has 1 aliphatic heterocycles. The third kappa shape index (κ3) is 2.40. The molecule has 0 spiro atoms. The zero-order valence-electron chi connectivity index (χ0n) is 10.3. The second-order valence-corrected chi connectivity index (χ2v) is 4.56. The van der Waals surface area contributed by atoms with Gasteiger partial charge in [-0.2, -0.15) is 0 Å². The van der Waals surface area contributed by atoms with Crippen molar-refractivity contribution >= 4 is 23.2 Å². The highest BCUT2D eigenvalue weighted by Gasteiger charge is 2.36. The molecule has 100 valence electrons. The van der Waals surface area contributed by atoms with Gasteiger partial charge >= 0.3 is 0 Å². The van der Waals surface area contributed by atoms with E-state index in [1.165, 1.54) is 17.0 Å². The number of carbonyl (C=O) groups excluding carboxylic acids is 2. The van der Waals surface area contributed by atoms with Crippen LogP contribution in [0.3, 0.4) is 0 Å². The summed E-state index contributed by atoms with van der Waals surface area (Å²) in [4.78, 5) is 34.7. The molecule has 7 heteroatoms. The number of primary amides is 1. The Bertz CT molecular complexity index is 570. The van der Waals surface area contributed by atoms with Crippen LogP contribution in [0, 0.1) is 23.0 Å². The number of amides is 2. The Hall–Kier alpha value is -2.44. The van der Waals surface area contributed by atoms with Crippen LogP contribution in [-0.4, -0.2) is 23.3 Å². The molecule has 1 unspecified atom stereocenters. The van der Waals surface area contributed by atoms with E-state index >= 15 is 0 Å². The number of nitrogens with zero attached hydrogens (tertiary/aromatic N) is 2. The molecule has 19 heavy (non-hydrogen) atoms. The molecular formula is C12H13N3O4. The summed E-state index contributed by atoms with van der Waals surface area (Å²) in [6.07, 6.45) is 0.000361. The van der Waals surface area contributed by atoms with Crippen LogP contribution in [0.25, 0.3) is 0 Å². The molecule has 1 aromatic carbocycles. The van der Waals surface area contributed by atoms with E-state index in [1.807, 2.05) is 0 Å². The minimum atomic E-state index is -0.589. The van der Waals surface area contributed by atoms with Crippen LogP contribution in [-0.2, 0) is 9.59 Å². The molecular weight excluding hydrogens is 250 g/mol. The summed E-state index contributed by atoms with van der Waals surface area (Å²) in [5.74, 6) is -1.48. The fraction of sp³-hybridized carbons (Fsp3) is 0.333. The van der Waals surface area contributed by atoms with Crippen LogP contribution < -0.4 is 10.6 Å². The maximum Gasteiger partial charge on any atom is 0.293 e. The van der Waals surface area contributed by atoms with Gasteiger partial charge in [0.1, 0.15) is 5.69 Å². The lowest BCUT2D eigenvalue weighted by molar-refractivity contribution is -0.384. The average Bonchev–Trinajstić information content (AvgIpc) is 2.71. The van der Waals surface area contributed by atoms with E-state index in [9.17, 15) is 19.7 Å². The van der Waals surface area contributed by atoms with Gasteiger partial charge in [-0.3, -0.25) is 19.7 Å². The lowest BCUT2D eigenvalue weighted by atomic mass is 10.1. The number of rotatable bonds is 3. The second-order valence-electron chi connectivity index (χ2n) is 4.56. The molecule has 0 radical (unpaired) electrons. The maximum atomic E-state index is 11.8. The highest BCUT2D eigenvalue weighted by Crippen LogP contribution is 2.33. The average molecular weight is 263 g/mol. The first-order valence-corrected chi connectivity index (χ1v) is 5.75. The lowest BCUT2D eigenvalue weighted by Gasteiger charge is -2.16. The van der Waals surface area contributed by atoms with Gasteiger partial charge in [0, 0.05) is 19.0 Å². The van der Waals surface area contributed by atoms with Gasteiger partial charge in [0.25, 0.3) is 5.69 Å². The predicted octanol–water partition coefficient (Wildman–Crippen LogP) is 0.741. The fourth-order valence-electron chi connectivity index (χ4n) is 2.14. The van der Waals surface area contributed by atoms with Crippen molar-refractivity contribution in [3.05, 3.63) is 33.9 Å². The molecule has 2 rings (SSSR count). The van der Waals surface area contributed by atoms with Crippen LogP contribution in [0.15, 0.2) is 18.2 Å². The Morgan fingerprint density at radius 1 is 1.53 bits per heavy atom. The summed E-state index contributed by atoms with van der Waals surface area (Å²) in [5, 5.41) is 11.0. The number of benzene rings is 1. The number of hydrogen-bond donors (Lipinski definition) is 1. The summed E-state index contributed by atoms with van der Waals surface area (Å²) in [6, 6.07) is 4.61. The van der Waals surface area contributed by atoms with E-state index in [1.54, 1.807) is 13.0 Å². The third-order valence-electron chi connectivity index (χ3n) is 3.15. The highest BCUT2D eigenvalue weighted by molar-refractivity contribution is 6.01. The van der Waals surface area contributed by atoms with Crippen LogP contribution in [0.4, 0.5) is 11.4 Å². The molecule has 2 N–H and O–H groups in total. The molecule has 0 bridgehead atoms. The molecule has 1 fully saturated rings. The summed E-state index contributed by atoms with van der Waals surface area (Å²) >= 11 is 0. The summed E-state index contributed by atoms with van der Waals surface area (Å²) in [7, 11) is 0. The Kier molecular flexibility index (Phi) is 3.20. The number of nitro groups is 1. The van der Waals surface area contributed by atoms with Crippen molar-refractivity contribution in [3.8, 4) is 0 Å². The van der Waals surface area contributed by atoms with Gasteiger partial charge in [-0.25, -0.2) is 0 Å². The predicted molar refractivity (Wildman–Crippen MR) is 67.5 cm³/mol. The normalized spacial score (nSPS) is 18.7. The summed E-state index contributed by atoms with van der Waals surface area (Å²) in [5.41, 5.74) is 5.97. The standard InChI is InChI=1S/C12H13N3O4/c1-7-2-3-9(10(4-7)15(18)19)14-6-8(12(13)17)5-11(14)16/h2-4,8H,5-6H2,1H3,(H2,13,17). The Balaban J connectivity index is 2.40. The fourth-order valence-corrected chi connectivity index (χ4v) is 2.14. The first-order chi connectivity index (χ1) is 8.90. The SMILES string of the molecule is Cc1ccc(N2CC(C(N)=O)CC2=O)c([N+](=O)[O-])c1. The van der Waals surface area contributed by atoms with Crippen molar-refractivity contribution in [1.82, 2.24) is 0 Å². The number of hydrogen-bond acceptors (Lipinski definition) is 4. The van der Waals surface area contributed by atoms with Crippen molar-refractivity contribution in [2.45, 2.75) is 13.3 Å². The van der Waals surface area contributed by atoms with Gasteiger partial charge in [-0.05, 0) is 18.6 Å². The highest BCUT2D eigenvalue weighted by atomic mass is 16.6. The first kappa shape index (κ1) is 13.0. The van der Waals surface area contributed by atoms with Gasteiger partial charge < -0.3 is 10.6 Å². The molecule has 0 aromatic heterocycles. The molecule has 1 aliphatic rings. The molecule has 1 aromatic rings. The second kappa shape index (κ2) is 4.68. The van der Waals surface area contributed by atoms with Crippen LogP contribution in [0.1, 0.15) is 12.0 Å². The number of nitro benzene ring substituents is 1. The summed E-state index contributed by atoms with van der Waals surface area (Å²) < 4.78 is 0. The van der Waals surface area contributed by atoms with Crippen molar-refractivity contribution in [1.29, 1.82) is 0 Å². The topological polar surface area (TPSA) is 107 Å². The molecule has 1 saturated heterocycles. The van der Waals surface area contributed by atoms with Gasteiger partial charge in [0.15, 0.2) is 0 Å². The minimum Gasteiger partial charge on any atom is -0.369 e. The van der Waals surface area contributed by atoms with E-state index in [2.05, 4.69) is 0 Å². The number of aryl methyl sites for hydroxylation is 1. The van der Waals surface area contributed by atoms with Crippen LogP contribution in [0.5, 0.6) is 0 Å². The minimum absolute atomic E-state index is 0.000361. The molecule has 1 heterocycles. The Morgan fingerprint density at radius 2 is 2.21 bits per heavy atom. The first-order valence-electron chi connectivity index (χ1n) is 5.75. The zero-order valence-corrected chi connectivity index (χ0v) is 10.3. The third-order valence-corrected chi connectivity index (χ3v) is 3.15. The van der Waals surface area contributed by atoms with Crippen molar-refractivity contribution in [2.24, 2.45) is 11.7 Å². The Morgan fingerprint density at radius 3 is 2.74 bits per heavy atom. The smallest absolute Gasteiger partial charge is 0.293 e. The zero-order chi connectivity index (χ0) is 14.2. The van der Waals surface area contributed by atoms with E-state index < -0.39 is 16.7 Å². The van der Waals surface area contributed by atoms with Gasteiger partial charge in [0.05, 0.1) is 10.8 Å². The van der Waals surface area contributed by atoms with Gasteiger partial charge in [0.2, 0.25) is 11.8 Å². The van der Waals surface area contributed by atoms with E-state index in [4.69, 9.17) is 5.73 Å². The van der Waals surface area contributed by atoms with Crippen LogP contribution >= 0.6 is 0 Å². The number of anilines is 1. The van der Waals surface area contributed by atoms with Crippen LogP contribution in [0.2, 0.25) is 0 Å². The van der Waals surface area contributed by atoms with Gasteiger partial charge in [-0.15, -0.1) is 0 Å². The maximum absolute atomic E-state index is 11.8. The van der Waals surface area contributed by atoms with E-state index in [0.29, 0.717) is 0 Å². The lowest BCUT2D eigenvalue weighted by Crippen LogP contribution is -2.28. The quantitative estimate of drug-likeness (QED) is 0.641. The largest absolute Gasteiger partial charge is 0.369 e. The molecule has 0 aliphatic carbocycles. The monoisotopic (exact) mass is 263 g/mol. The van der Waals surface area contributed by atoms with Crippen molar-refractivity contribution in [2.75, 3.05) is 11.4 Å². The molecule has 0 saturated carbocycles. The number of nitrogens with two attached hydrogens (primary N) is 1. The summed E-state index contributed by atoms with van der Waals surface area (Å²) in [6.45, 7) is 1.83. The molecule has 2 amide bonds. The molecule has 7 nitrogen and oxygen atoms in total. The van der Waals surface area contributed by atoms with E-state index in [0.717, 1.165) is 5.56 Å². The Labute approximate surface area is 109 Å².